The van der Waals surface area contributed by atoms with Gasteiger partial charge in [-0.05, 0) is 62.2 Å². The molecule has 5 rings (SSSR count). The van der Waals surface area contributed by atoms with E-state index in [0.717, 1.165) is 31.6 Å². The first-order chi connectivity index (χ1) is 20.1. The van der Waals surface area contributed by atoms with E-state index in [1.807, 2.05) is 36.4 Å². The Labute approximate surface area is 237 Å². The summed E-state index contributed by atoms with van der Waals surface area (Å²) >= 11 is 0. The van der Waals surface area contributed by atoms with E-state index in [4.69, 9.17) is 14.2 Å². The number of nitrogens with zero attached hydrogens (tertiary/aromatic N) is 3. The Morgan fingerprint density at radius 1 is 1.02 bits per heavy atom. The summed E-state index contributed by atoms with van der Waals surface area (Å²) in [5, 5.41) is 0.652. The third-order valence-electron chi connectivity index (χ3n) is 6.66. The molecule has 3 aromatic carbocycles. The van der Waals surface area contributed by atoms with Crippen molar-refractivity contribution in [2.75, 3.05) is 38.8 Å². The number of hydrazine groups is 1. The predicted molar refractivity (Wildman–Crippen MR) is 157 cm³/mol. The fourth-order valence-electron chi connectivity index (χ4n) is 4.58. The SMILES string of the molecule is COc1cc2c(Oc3ccc(NNC(=O)/N=C/c4ccccc4)cc3F)ccnc2cc1OCCCN1CCCC1. The summed E-state index contributed by atoms with van der Waals surface area (Å²) in [6.45, 7) is 3.90. The Kier molecular flexibility index (Phi) is 9.23. The minimum atomic E-state index is -0.623. The first-order valence-corrected chi connectivity index (χ1v) is 13.5. The molecular weight excluding hydrogens is 525 g/mol. The van der Waals surface area contributed by atoms with Crippen LogP contribution in [-0.4, -0.2) is 55.5 Å². The topological polar surface area (TPSA) is 97.3 Å². The van der Waals surface area contributed by atoms with Crippen LogP contribution < -0.4 is 25.1 Å². The van der Waals surface area contributed by atoms with E-state index in [0.29, 0.717) is 40.4 Å². The molecule has 4 aromatic rings. The molecule has 212 valence electrons. The first-order valence-electron chi connectivity index (χ1n) is 13.5. The molecule has 10 heteroatoms. The van der Waals surface area contributed by atoms with Gasteiger partial charge in [0.15, 0.2) is 23.1 Å². The van der Waals surface area contributed by atoms with Gasteiger partial charge in [-0.3, -0.25) is 10.4 Å². The number of nitrogens with one attached hydrogen (secondary N) is 2. The lowest BCUT2D eigenvalue weighted by Gasteiger charge is -2.16. The molecule has 0 spiro atoms. The van der Waals surface area contributed by atoms with Crippen LogP contribution in [0.25, 0.3) is 10.9 Å². The zero-order chi connectivity index (χ0) is 28.4. The number of halogens is 1. The van der Waals surface area contributed by atoms with Gasteiger partial charge in [0.1, 0.15) is 5.75 Å². The molecule has 0 unspecified atom stereocenters. The minimum absolute atomic E-state index is 0.0117. The Bertz CT molecular complexity index is 1510. The van der Waals surface area contributed by atoms with Gasteiger partial charge >= 0.3 is 6.03 Å². The highest BCUT2D eigenvalue weighted by Crippen LogP contribution is 2.37. The zero-order valence-electron chi connectivity index (χ0n) is 22.8. The van der Waals surface area contributed by atoms with Crippen LogP contribution in [0.4, 0.5) is 14.9 Å². The molecule has 1 aliphatic rings. The summed E-state index contributed by atoms with van der Waals surface area (Å²) in [6.07, 6.45) is 6.49. The quantitative estimate of drug-likeness (QED) is 0.129. The van der Waals surface area contributed by atoms with Gasteiger partial charge in [0.05, 0.1) is 24.9 Å². The second kappa shape index (κ2) is 13.6. The number of hydrogen-bond acceptors (Lipinski definition) is 7. The van der Waals surface area contributed by atoms with Gasteiger partial charge in [0.2, 0.25) is 0 Å². The van der Waals surface area contributed by atoms with Gasteiger partial charge < -0.3 is 19.1 Å². The molecule has 1 fully saturated rings. The van der Waals surface area contributed by atoms with E-state index in [1.165, 1.54) is 31.2 Å². The van der Waals surface area contributed by atoms with Crippen LogP contribution >= 0.6 is 0 Å². The minimum Gasteiger partial charge on any atom is -0.493 e. The van der Waals surface area contributed by atoms with E-state index in [-0.39, 0.29) is 5.75 Å². The maximum Gasteiger partial charge on any atom is 0.359 e. The lowest BCUT2D eigenvalue weighted by Crippen LogP contribution is -2.26. The number of pyridine rings is 1. The maximum atomic E-state index is 15.0. The highest BCUT2D eigenvalue weighted by Gasteiger charge is 2.15. The molecule has 0 bridgehead atoms. The third kappa shape index (κ3) is 7.49. The number of likely N-dealkylation sites (tertiary alicyclic amines) is 1. The fourth-order valence-corrected chi connectivity index (χ4v) is 4.58. The van der Waals surface area contributed by atoms with Crippen LogP contribution in [0.5, 0.6) is 23.0 Å². The number of hydrogen-bond donors (Lipinski definition) is 2. The lowest BCUT2D eigenvalue weighted by molar-refractivity contribution is 0.251. The van der Waals surface area contributed by atoms with E-state index >= 15 is 0 Å². The van der Waals surface area contributed by atoms with Crippen molar-refractivity contribution in [2.24, 2.45) is 4.99 Å². The fraction of sp³-hybridized carbons (Fsp3) is 0.258. The monoisotopic (exact) mass is 557 g/mol. The van der Waals surface area contributed by atoms with Crippen molar-refractivity contribution in [3.8, 4) is 23.0 Å². The van der Waals surface area contributed by atoms with Crippen LogP contribution in [0.3, 0.4) is 0 Å². The van der Waals surface area contributed by atoms with Crippen molar-refractivity contribution < 1.29 is 23.4 Å². The summed E-state index contributed by atoms with van der Waals surface area (Å²) in [6, 6.07) is 18.1. The van der Waals surface area contributed by atoms with E-state index in [2.05, 4.69) is 25.7 Å². The zero-order valence-corrected chi connectivity index (χ0v) is 22.8. The molecule has 0 saturated carbocycles. The number of methoxy groups -OCH3 is 1. The van der Waals surface area contributed by atoms with E-state index < -0.39 is 11.8 Å². The molecule has 2 heterocycles. The van der Waals surface area contributed by atoms with Crippen LogP contribution in [0.1, 0.15) is 24.8 Å². The summed E-state index contributed by atoms with van der Waals surface area (Å²) in [4.78, 5) is 22.7. The maximum absolute atomic E-state index is 15.0. The normalized spacial score (nSPS) is 13.4. The number of ether oxygens (including phenoxy) is 3. The van der Waals surface area contributed by atoms with Crippen molar-refractivity contribution in [2.45, 2.75) is 19.3 Å². The molecule has 9 nitrogen and oxygen atoms in total. The average molecular weight is 558 g/mol. The summed E-state index contributed by atoms with van der Waals surface area (Å²) in [5.74, 6) is 0.951. The number of carbonyl (C=O) groups excluding carboxylic acids is 1. The van der Waals surface area contributed by atoms with Crippen LogP contribution in [0, 0.1) is 5.82 Å². The smallest absolute Gasteiger partial charge is 0.359 e. The van der Waals surface area contributed by atoms with Gasteiger partial charge in [-0.15, -0.1) is 0 Å². The van der Waals surface area contributed by atoms with Crippen LogP contribution in [-0.2, 0) is 0 Å². The molecule has 0 aliphatic carbocycles. The highest BCUT2D eigenvalue weighted by atomic mass is 19.1. The van der Waals surface area contributed by atoms with E-state index in [9.17, 15) is 9.18 Å². The number of fused-ring (bicyclic) bond motifs is 1. The van der Waals surface area contributed by atoms with Crippen molar-refractivity contribution in [1.29, 1.82) is 0 Å². The Hall–Kier alpha value is -4.70. The molecule has 2 N–H and O–H groups in total. The van der Waals surface area contributed by atoms with Gasteiger partial charge in [0.25, 0.3) is 0 Å². The standard InChI is InChI=1S/C31H32FN5O4/c1-39-29-19-24-26(20-30(29)40-17-7-16-37-14-5-6-15-37)33-13-12-27(24)41-28-11-10-23(18-25(28)32)35-36-31(38)34-21-22-8-3-2-4-9-22/h2-4,8-13,18-21,35H,5-7,14-17H2,1H3,(H,36,38)/b34-21+. The van der Waals surface area contributed by atoms with Gasteiger partial charge in [0, 0.05) is 36.5 Å². The molecular formula is C31H32FN5O4. The highest BCUT2D eigenvalue weighted by molar-refractivity contribution is 5.91. The predicted octanol–water partition coefficient (Wildman–Crippen LogP) is 6.20. The second-order valence-corrected chi connectivity index (χ2v) is 9.55. The van der Waals surface area contributed by atoms with Crippen molar-refractivity contribution in [1.82, 2.24) is 15.3 Å². The molecule has 0 atom stereocenters. The molecule has 2 amide bonds. The van der Waals surface area contributed by atoms with Crippen LogP contribution in [0.15, 0.2) is 77.9 Å². The molecule has 1 aliphatic heterocycles. The molecule has 1 saturated heterocycles. The number of aromatic nitrogens is 1. The number of amides is 2. The Morgan fingerprint density at radius 2 is 1.85 bits per heavy atom. The van der Waals surface area contributed by atoms with Crippen LogP contribution in [0.2, 0.25) is 0 Å². The third-order valence-corrected chi connectivity index (χ3v) is 6.66. The first kappa shape index (κ1) is 27.9. The number of benzene rings is 3. The largest absolute Gasteiger partial charge is 0.493 e. The summed E-state index contributed by atoms with van der Waals surface area (Å²) in [5.41, 5.74) is 6.80. The number of rotatable bonds is 11. The summed E-state index contributed by atoms with van der Waals surface area (Å²) < 4.78 is 32.5. The van der Waals surface area contributed by atoms with Gasteiger partial charge in [-0.1, -0.05) is 30.3 Å². The van der Waals surface area contributed by atoms with Crippen molar-refractivity contribution >= 4 is 28.8 Å². The van der Waals surface area contributed by atoms with Gasteiger partial charge in [-0.2, -0.15) is 4.99 Å². The number of carbonyl (C=O) groups is 1. The van der Waals surface area contributed by atoms with E-state index in [1.54, 1.807) is 31.5 Å². The van der Waals surface area contributed by atoms with Crippen molar-refractivity contribution in [3.05, 3.63) is 84.3 Å². The van der Waals surface area contributed by atoms with Crippen molar-refractivity contribution in [3.63, 3.8) is 0 Å². The summed E-state index contributed by atoms with van der Waals surface area (Å²) in [7, 11) is 1.58. The Balaban J connectivity index is 1.22. The average Bonchev–Trinajstić information content (AvgIpc) is 3.52. The number of aliphatic imine (C=N–C) groups is 1. The van der Waals surface area contributed by atoms with Gasteiger partial charge in [-0.25, -0.2) is 14.6 Å². The Morgan fingerprint density at radius 3 is 2.63 bits per heavy atom. The number of anilines is 1. The number of urea groups is 1. The molecule has 41 heavy (non-hydrogen) atoms. The molecule has 1 aromatic heterocycles. The molecule has 0 radical (unpaired) electrons. The second-order valence-electron chi connectivity index (χ2n) is 9.55. The lowest BCUT2D eigenvalue weighted by atomic mass is 10.1.